The maximum atomic E-state index is 12.7. The lowest BCUT2D eigenvalue weighted by molar-refractivity contribution is 0.489. The number of sulfonamides is 1. The van der Waals surface area contributed by atoms with Gasteiger partial charge < -0.3 is 5.32 Å². The van der Waals surface area contributed by atoms with E-state index in [-0.39, 0.29) is 11.1 Å². The number of hydrogen-bond donors (Lipinski definition) is 2. The topological polar surface area (TPSA) is 58.2 Å². The third-order valence-corrected chi connectivity index (χ3v) is 5.31. The molecule has 1 aromatic carbocycles. The van der Waals surface area contributed by atoms with Gasteiger partial charge in [0.2, 0.25) is 10.0 Å². The van der Waals surface area contributed by atoms with Crippen molar-refractivity contribution in [1.82, 2.24) is 10.0 Å². The number of nitrogens with one attached hydrogen (secondary N) is 2. The van der Waals surface area contributed by atoms with Crippen LogP contribution >= 0.6 is 0 Å². The van der Waals surface area contributed by atoms with Gasteiger partial charge in [-0.1, -0.05) is 12.1 Å². The van der Waals surface area contributed by atoms with Crippen molar-refractivity contribution in [2.45, 2.75) is 24.5 Å². The monoisotopic (exact) mass is 286 g/mol. The lowest BCUT2D eigenvalue weighted by Gasteiger charge is -2.22. The molecule has 106 valence electrons. The minimum absolute atomic E-state index is 0.279. The number of rotatable bonds is 5. The first kappa shape index (κ1) is 14.4. The van der Waals surface area contributed by atoms with Gasteiger partial charge in [-0.3, -0.25) is 0 Å². The van der Waals surface area contributed by atoms with Crippen LogP contribution in [0, 0.1) is 5.82 Å². The van der Waals surface area contributed by atoms with Crippen molar-refractivity contribution in [2.24, 2.45) is 0 Å². The lowest BCUT2D eigenvalue weighted by atomic mass is 10.1. The van der Waals surface area contributed by atoms with E-state index in [9.17, 15) is 12.8 Å². The van der Waals surface area contributed by atoms with Crippen LogP contribution in [0.25, 0.3) is 0 Å². The molecular formula is C13H19FN2O2S. The molecule has 1 fully saturated rings. The molecule has 0 spiro atoms. The summed E-state index contributed by atoms with van der Waals surface area (Å²) >= 11 is 0. The lowest BCUT2D eigenvalue weighted by Crippen LogP contribution is -2.42. The van der Waals surface area contributed by atoms with Crippen LogP contribution in [-0.2, 0) is 16.4 Å². The molecule has 1 heterocycles. The summed E-state index contributed by atoms with van der Waals surface area (Å²) in [6.45, 7) is 1.87. The van der Waals surface area contributed by atoms with Crippen LogP contribution in [0.15, 0.2) is 24.3 Å². The SMILES string of the molecule is O=S(=O)(NCCc1ccc(F)cc1)C1CCNCC1. The highest BCUT2D eigenvalue weighted by molar-refractivity contribution is 7.90. The van der Waals surface area contributed by atoms with E-state index in [2.05, 4.69) is 10.0 Å². The summed E-state index contributed by atoms with van der Waals surface area (Å²) in [6, 6.07) is 6.12. The average molecular weight is 286 g/mol. The molecule has 0 aliphatic carbocycles. The predicted molar refractivity (Wildman–Crippen MR) is 72.9 cm³/mol. The van der Waals surface area contributed by atoms with Gasteiger partial charge in [0.05, 0.1) is 5.25 Å². The second-order valence-corrected chi connectivity index (χ2v) is 6.81. The summed E-state index contributed by atoms with van der Waals surface area (Å²) in [5.41, 5.74) is 0.925. The molecule has 4 nitrogen and oxygen atoms in total. The van der Waals surface area contributed by atoms with Crippen molar-refractivity contribution in [3.05, 3.63) is 35.6 Å². The summed E-state index contributed by atoms with van der Waals surface area (Å²) in [4.78, 5) is 0. The fourth-order valence-electron chi connectivity index (χ4n) is 2.21. The Morgan fingerprint density at radius 3 is 2.47 bits per heavy atom. The molecular weight excluding hydrogens is 267 g/mol. The molecule has 0 saturated carbocycles. The number of piperidine rings is 1. The molecule has 2 N–H and O–H groups in total. The van der Waals surface area contributed by atoms with Gasteiger partial charge in [0.1, 0.15) is 5.82 Å². The normalized spacial score (nSPS) is 17.5. The first-order valence-corrected chi connectivity index (χ1v) is 8.06. The maximum absolute atomic E-state index is 12.7. The summed E-state index contributed by atoms with van der Waals surface area (Å²) in [5, 5.41) is 2.86. The molecule has 0 bridgehead atoms. The summed E-state index contributed by atoms with van der Waals surface area (Å²) in [7, 11) is -3.23. The number of halogens is 1. The van der Waals surface area contributed by atoms with Crippen molar-refractivity contribution < 1.29 is 12.8 Å². The van der Waals surface area contributed by atoms with Crippen molar-refractivity contribution in [3.63, 3.8) is 0 Å². The highest BCUT2D eigenvalue weighted by Gasteiger charge is 2.26. The summed E-state index contributed by atoms with van der Waals surface area (Å²) in [6.07, 6.45) is 1.89. The average Bonchev–Trinajstić information content (AvgIpc) is 2.42. The third-order valence-electron chi connectivity index (χ3n) is 3.36. The van der Waals surface area contributed by atoms with Gasteiger partial charge in [0.25, 0.3) is 0 Å². The quantitative estimate of drug-likeness (QED) is 0.850. The molecule has 1 saturated heterocycles. The highest BCUT2D eigenvalue weighted by Crippen LogP contribution is 2.12. The van der Waals surface area contributed by atoms with E-state index in [1.54, 1.807) is 12.1 Å². The highest BCUT2D eigenvalue weighted by atomic mass is 32.2. The van der Waals surface area contributed by atoms with Gasteiger partial charge in [-0.25, -0.2) is 17.5 Å². The van der Waals surface area contributed by atoms with Gasteiger partial charge in [0.15, 0.2) is 0 Å². The second-order valence-electron chi connectivity index (χ2n) is 4.77. The van der Waals surface area contributed by atoms with Crippen LogP contribution < -0.4 is 10.0 Å². The van der Waals surface area contributed by atoms with Gasteiger partial charge in [-0.2, -0.15) is 0 Å². The maximum Gasteiger partial charge on any atom is 0.214 e. The summed E-state index contributed by atoms with van der Waals surface area (Å²) < 4.78 is 39.4. The molecule has 0 unspecified atom stereocenters. The zero-order valence-electron chi connectivity index (χ0n) is 10.7. The van der Waals surface area contributed by atoms with Crippen molar-refractivity contribution in [2.75, 3.05) is 19.6 Å². The minimum atomic E-state index is -3.23. The third kappa shape index (κ3) is 4.26. The molecule has 6 heteroatoms. The first-order chi connectivity index (χ1) is 9.08. The van der Waals surface area contributed by atoms with Crippen molar-refractivity contribution in [3.8, 4) is 0 Å². The van der Waals surface area contributed by atoms with Gasteiger partial charge in [-0.05, 0) is 50.0 Å². The van der Waals surface area contributed by atoms with Crippen LogP contribution in [0.1, 0.15) is 18.4 Å². The molecule has 0 atom stereocenters. The van der Waals surface area contributed by atoms with Gasteiger partial charge in [0, 0.05) is 6.54 Å². The number of hydrogen-bond acceptors (Lipinski definition) is 3. The molecule has 0 radical (unpaired) electrons. The fraction of sp³-hybridized carbons (Fsp3) is 0.538. The Morgan fingerprint density at radius 1 is 1.21 bits per heavy atom. The summed E-state index contributed by atoms with van der Waals surface area (Å²) in [5.74, 6) is -0.279. The van der Waals surface area contributed by atoms with Crippen LogP contribution in [0.3, 0.4) is 0 Å². The van der Waals surface area contributed by atoms with Crippen molar-refractivity contribution >= 4 is 10.0 Å². The van der Waals surface area contributed by atoms with Gasteiger partial charge >= 0.3 is 0 Å². The standard InChI is InChI=1S/C13H19FN2O2S/c14-12-3-1-11(2-4-12)5-10-16-19(17,18)13-6-8-15-9-7-13/h1-4,13,15-16H,5-10H2. The fourth-order valence-corrected chi connectivity index (χ4v) is 3.69. The minimum Gasteiger partial charge on any atom is -0.317 e. The molecule has 19 heavy (non-hydrogen) atoms. The molecule has 1 aliphatic heterocycles. The van der Waals surface area contributed by atoms with E-state index in [1.165, 1.54) is 12.1 Å². The van der Waals surface area contributed by atoms with Gasteiger partial charge in [-0.15, -0.1) is 0 Å². The zero-order valence-corrected chi connectivity index (χ0v) is 11.5. The molecule has 2 rings (SSSR count). The zero-order chi connectivity index (χ0) is 13.7. The Bertz CT molecular complexity index is 496. The van der Waals surface area contributed by atoms with E-state index in [4.69, 9.17) is 0 Å². The molecule has 0 amide bonds. The van der Waals surface area contributed by atoms with E-state index in [1.807, 2.05) is 0 Å². The van der Waals surface area contributed by atoms with Crippen LogP contribution in [0.5, 0.6) is 0 Å². The van der Waals surface area contributed by atoms with Crippen LogP contribution in [0.2, 0.25) is 0 Å². The van der Waals surface area contributed by atoms with Crippen molar-refractivity contribution in [1.29, 1.82) is 0 Å². The second kappa shape index (κ2) is 6.45. The molecule has 1 aliphatic rings. The Morgan fingerprint density at radius 2 is 1.84 bits per heavy atom. The molecule has 1 aromatic rings. The first-order valence-electron chi connectivity index (χ1n) is 6.51. The van der Waals surface area contributed by atoms with Crippen LogP contribution in [-0.4, -0.2) is 33.3 Å². The van der Waals surface area contributed by atoms with E-state index < -0.39 is 10.0 Å². The smallest absolute Gasteiger partial charge is 0.214 e. The number of benzene rings is 1. The Balaban J connectivity index is 1.82. The molecule has 0 aromatic heterocycles. The van der Waals surface area contributed by atoms with E-state index in [0.717, 1.165) is 18.7 Å². The van der Waals surface area contributed by atoms with E-state index in [0.29, 0.717) is 25.8 Å². The Labute approximate surface area is 113 Å². The largest absolute Gasteiger partial charge is 0.317 e. The van der Waals surface area contributed by atoms with Crippen LogP contribution in [0.4, 0.5) is 4.39 Å². The Hall–Kier alpha value is -0.980. The van der Waals surface area contributed by atoms with E-state index >= 15 is 0 Å². The Kier molecular flexibility index (Phi) is 4.90. The predicted octanol–water partition coefficient (Wildman–Crippen LogP) is 1.04.